The molecule has 0 aromatic carbocycles. The van der Waals surface area contributed by atoms with Gasteiger partial charge in [0.1, 0.15) is 0 Å². The van der Waals surface area contributed by atoms with Gasteiger partial charge in [-0.3, -0.25) is 0 Å². The maximum absolute atomic E-state index is 5.99. The minimum atomic E-state index is 0.367. The monoisotopic (exact) mass is 320 g/mol. The van der Waals surface area contributed by atoms with E-state index in [9.17, 15) is 0 Å². The van der Waals surface area contributed by atoms with Crippen LogP contribution in [0.15, 0.2) is 0 Å². The van der Waals surface area contributed by atoms with Gasteiger partial charge in [0, 0.05) is 31.1 Å². The van der Waals surface area contributed by atoms with Crippen molar-refractivity contribution in [2.75, 3.05) is 38.9 Å². The van der Waals surface area contributed by atoms with Crippen molar-refractivity contribution in [3.63, 3.8) is 0 Å². The Hall–Kier alpha value is 0.360. The number of halogens is 1. The van der Waals surface area contributed by atoms with Crippen molar-refractivity contribution in [1.82, 2.24) is 0 Å². The molecule has 2 atom stereocenters. The van der Waals surface area contributed by atoms with Crippen LogP contribution < -0.4 is 0 Å². The van der Waals surface area contributed by atoms with Crippen molar-refractivity contribution in [3.8, 4) is 0 Å². The van der Waals surface area contributed by atoms with E-state index in [1.807, 2.05) is 0 Å². The Labute approximate surface area is 119 Å². The lowest BCUT2D eigenvalue weighted by Gasteiger charge is -2.32. The molecule has 2 aliphatic rings. The summed E-state index contributed by atoms with van der Waals surface area (Å²) in [5.74, 6) is 0.833. The maximum atomic E-state index is 5.99. The second kappa shape index (κ2) is 7.22. The van der Waals surface area contributed by atoms with Crippen LogP contribution >= 0.6 is 15.9 Å². The molecule has 2 rings (SSSR count). The number of rotatable bonds is 9. The molecule has 2 unspecified atom stereocenters. The molecule has 0 spiro atoms. The van der Waals surface area contributed by atoms with Gasteiger partial charge in [-0.2, -0.15) is 0 Å². The van der Waals surface area contributed by atoms with E-state index < -0.39 is 0 Å². The van der Waals surface area contributed by atoms with E-state index in [1.165, 1.54) is 25.7 Å². The highest BCUT2D eigenvalue weighted by Crippen LogP contribution is 2.50. The Morgan fingerprint density at radius 3 is 2.78 bits per heavy atom. The van der Waals surface area contributed by atoms with Gasteiger partial charge in [0.2, 0.25) is 0 Å². The largest absolute Gasteiger partial charge is 0.382 e. The van der Waals surface area contributed by atoms with Crippen LogP contribution in [0.3, 0.4) is 0 Å². The molecule has 106 valence electrons. The fraction of sp³-hybridized carbons (Fsp3) is 1.00. The fourth-order valence-corrected chi connectivity index (χ4v) is 3.87. The highest BCUT2D eigenvalue weighted by Gasteiger charge is 2.49. The van der Waals surface area contributed by atoms with Gasteiger partial charge >= 0.3 is 0 Å². The van der Waals surface area contributed by atoms with Crippen LogP contribution in [-0.2, 0) is 14.2 Å². The molecule has 18 heavy (non-hydrogen) atoms. The molecule has 0 aromatic rings. The summed E-state index contributed by atoms with van der Waals surface area (Å²) in [6.45, 7) is 3.19. The molecule has 4 heteroatoms. The third-order valence-corrected chi connectivity index (χ3v) is 5.33. The molecule has 0 radical (unpaired) electrons. The number of hydrogen-bond acceptors (Lipinski definition) is 3. The molecule has 1 aliphatic heterocycles. The molecule has 1 saturated carbocycles. The molecule has 1 saturated heterocycles. The molecule has 1 aliphatic carbocycles. The van der Waals surface area contributed by atoms with E-state index >= 15 is 0 Å². The topological polar surface area (TPSA) is 27.7 Å². The second-order valence-electron chi connectivity index (χ2n) is 5.58. The van der Waals surface area contributed by atoms with Crippen molar-refractivity contribution in [1.29, 1.82) is 0 Å². The molecule has 3 nitrogen and oxygen atoms in total. The molecule has 0 aromatic heterocycles. The van der Waals surface area contributed by atoms with Gasteiger partial charge in [0.25, 0.3) is 0 Å². The highest BCUT2D eigenvalue weighted by atomic mass is 79.9. The van der Waals surface area contributed by atoms with Crippen molar-refractivity contribution in [3.05, 3.63) is 0 Å². The van der Waals surface area contributed by atoms with E-state index in [1.54, 1.807) is 7.11 Å². The molecule has 0 bridgehead atoms. The molecule has 0 amide bonds. The van der Waals surface area contributed by atoms with E-state index in [-0.39, 0.29) is 0 Å². The summed E-state index contributed by atoms with van der Waals surface area (Å²) in [5, 5.41) is 1.07. The summed E-state index contributed by atoms with van der Waals surface area (Å²) >= 11 is 3.72. The minimum absolute atomic E-state index is 0.367. The molecular formula is C14H25BrO3. The fourth-order valence-electron chi connectivity index (χ4n) is 2.99. The van der Waals surface area contributed by atoms with Crippen molar-refractivity contribution < 1.29 is 14.2 Å². The second-order valence-corrected chi connectivity index (χ2v) is 6.14. The molecule has 2 fully saturated rings. The molecule has 1 heterocycles. The molecule has 0 N–H and O–H groups in total. The van der Waals surface area contributed by atoms with Crippen LogP contribution in [0, 0.1) is 11.3 Å². The number of hydrogen-bond donors (Lipinski definition) is 0. The Kier molecular flexibility index (Phi) is 5.93. The summed E-state index contributed by atoms with van der Waals surface area (Å²) in [4.78, 5) is 0. The summed E-state index contributed by atoms with van der Waals surface area (Å²) in [5.41, 5.74) is 0.367. The van der Waals surface area contributed by atoms with Crippen molar-refractivity contribution >= 4 is 15.9 Å². The Bertz CT molecular complexity index is 245. The first-order chi connectivity index (χ1) is 8.82. The van der Waals surface area contributed by atoms with E-state index in [4.69, 9.17) is 14.2 Å². The van der Waals surface area contributed by atoms with Crippen molar-refractivity contribution in [2.45, 2.75) is 38.2 Å². The Morgan fingerprint density at radius 1 is 1.28 bits per heavy atom. The van der Waals surface area contributed by atoms with Crippen LogP contribution in [0.4, 0.5) is 0 Å². The standard InChI is InChI=1S/C14H25BrO3/c1-16-9-10-17-7-2-5-14(11-15)6-8-18-13(14)12-3-4-12/h12-13H,2-11H2,1H3. The predicted octanol–water partition coefficient (Wildman–Crippen LogP) is 3.01. The van der Waals surface area contributed by atoms with E-state index in [2.05, 4.69) is 15.9 Å². The SMILES string of the molecule is COCCOCCCC1(CBr)CCOC1C1CC1. The summed E-state index contributed by atoms with van der Waals surface area (Å²) < 4.78 is 16.5. The van der Waals surface area contributed by atoms with E-state index in [0.717, 1.165) is 30.9 Å². The lowest BCUT2D eigenvalue weighted by molar-refractivity contribution is 0.0277. The highest BCUT2D eigenvalue weighted by molar-refractivity contribution is 9.09. The van der Waals surface area contributed by atoms with Crippen LogP contribution in [0.5, 0.6) is 0 Å². The lowest BCUT2D eigenvalue weighted by Crippen LogP contribution is -2.34. The van der Waals surface area contributed by atoms with Crippen LogP contribution in [0.25, 0.3) is 0 Å². The van der Waals surface area contributed by atoms with Crippen LogP contribution in [0.1, 0.15) is 32.1 Å². The number of ether oxygens (including phenoxy) is 3. The van der Waals surface area contributed by atoms with Gasteiger partial charge in [-0.25, -0.2) is 0 Å². The summed E-state index contributed by atoms with van der Waals surface area (Å²) in [7, 11) is 1.71. The third-order valence-electron chi connectivity index (χ3n) is 4.21. The van der Waals surface area contributed by atoms with Gasteiger partial charge in [0.05, 0.1) is 19.3 Å². The zero-order chi connectivity index (χ0) is 12.8. The van der Waals surface area contributed by atoms with Gasteiger partial charge in [-0.1, -0.05) is 15.9 Å². The van der Waals surface area contributed by atoms with Gasteiger partial charge < -0.3 is 14.2 Å². The quantitative estimate of drug-likeness (QED) is 0.483. The summed E-state index contributed by atoms with van der Waals surface area (Å²) in [6, 6.07) is 0. The normalized spacial score (nSPS) is 32.0. The first-order valence-electron chi connectivity index (χ1n) is 7.07. The Balaban J connectivity index is 1.70. The first-order valence-corrected chi connectivity index (χ1v) is 8.19. The average Bonchev–Trinajstić information content (AvgIpc) is 3.15. The maximum Gasteiger partial charge on any atom is 0.0700 e. The third kappa shape index (κ3) is 3.69. The first kappa shape index (κ1) is 14.8. The van der Waals surface area contributed by atoms with Gasteiger partial charge in [-0.15, -0.1) is 0 Å². The predicted molar refractivity (Wildman–Crippen MR) is 75.2 cm³/mol. The van der Waals surface area contributed by atoms with Gasteiger partial charge in [0.15, 0.2) is 0 Å². The zero-order valence-electron chi connectivity index (χ0n) is 11.3. The zero-order valence-corrected chi connectivity index (χ0v) is 12.9. The number of alkyl halides is 1. The van der Waals surface area contributed by atoms with E-state index in [0.29, 0.717) is 24.7 Å². The van der Waals surface area contributed by atoms with Crippen molar-refractivity contribution in [2.24, 2.45) is 11.3 Å². The van der Waals surface area contributed by atoms with Crippen LogP contribution in [-0.4, -0.2) is 45.0 Å². The minimum Gasteiger partial charge on any atom is -0.382 e. The number of methoxy groups -OCH3 is 1. The van der Waals surface area contributed by atoms with Crippen LogP contribution in [0.2, 0.25) is 0 Å². The Morgan fingerprint density at radius 2 is 2.11 bits per heavy atom. The smallest absolute Gasteiger partial charge is 0.0700 e. The molecular weight excluding hydrogens is 296 g/mol. The average molecular weight is 321 g/mol. The summed E-state index contributed by atoms with van der Waals surface area (Å²) in [6.07, 6.45) is 6.77. The van der Waals surface area contributed by atoms with Gasteiger partial charge in [-0.05, 0) is 38.0 Å². The lowest BCUT2D eigenvalue weighted by atomic mass is 9.77.